The third kappa shape index (κ3) is 5.30. The fourth-order valence-electron chi connectivity index (χ4n) is 3.67. The molecule has 1 aromatic rings. The van der Waals surface area contributed by atoms with Crippen LogP contribution in [0.5, 0.6) is 0 Å². The van der Waals surface area contributed by atoms with E-state index in [9.17, 15) is 13.8 Å². The number of amides is 1. The van der Waals surface area contributed by atoms with E-state index in [1.54, 1.807) is 6.26 Å². The minimum absolute atomic E-state index is 0.0522. The van der Waals surface area contributed by atoms with Gasteiger partial charge in [-0.15, -0.1) is 0 Å². The maximum absolute atomic E-state index is 13.1. The van der Waals surface area contributed by atoms with Crippen LogP contribution >= 0.6 is 11.6 Å². The third-order valence-electron chi connectivity index (χ3n) is 5.01. The van der Waals surface area contributed by atoms with Crippen LogP contribution in [0.1, 0.15) is 50.6 Å². The van der Waals surface area contributed by atoms with Crippen molar-refractivity contribution in [3.8, 4) is 0 Å². The van der Waals surface area contributed by atoms with Crippen molar-refractivity contribution in [2.45, 2.75) is 51.1 Å². The Hall–Kier alpha value is -1.40. The number of piperidine rings is 1. The maximum atomic E-state index is 13.1. The summed E-state index contributed by atoms with van der Waals surface area (Å²) >= 11 is 5.99. The van der Waals surface area contributed by atoms with Crippen LogP contribution < -0.4 is 0 Å². The number of carbonyl (C=O) groups excluding carboxylic acids is 1. The molecule has 0 saturated carbocycles. The first-order valence-corrected chi connectivity index (χ1v) is 11.0. The summed E-state index contributed by atoms with van der Waals surface area (Å²) in [5.41, 5.74) is 1.01. The van der Waals surface area contributed by atoms with Gasteiger partial charge in [-0.25, -0.2) is 0 Å². The highest BCUT2D eigenvalue weighted by atomic mass is 35.5. The number of benzene rings is 1. The first-order valence-electron chi connectivity index (χ1n) is 8.93. The molecular weight excluding hydrogens is 374 g/mol. The lowest BCUT2D eigenvalue weighted by Crippen LogP contribution is -2.49. The largest absolute Gasteiger partial charge is 0.481 e. The van der Waals surface area contributed by atoms with Gasteiger partial charge in [0.2, 0.25) is 5.91 Å². The summed E-state index contributed by atoms with van der Waals surface area (Å²) in [6, 6.07) is 7.32. The lowest BCUT2D eigenvalue weighted by atomic mass is 9.84. The molecule has 1 aliphatic rings. The van der Waals surface area contributed by atoms with Crippen LogP contribution in [0.3, 0.4) is 0 Å². The molecule has 1 saturated heterocycles. The minimum Gasteiger partial charge on any atom is -0.481 e. The Kier molecular flexibility index (Phi) is 7.65. The van der Waals surface area contributed by atoms with Crippen molar-refractivity contribution >= 4 is 34.3 Å². The van der Waals surface area contributed by atoms with Crippen molar-refractivity contribution < 1.29 is 18.9 Å². The summed E-state index contributed by atoms with van der Waals surface area (Å²) in [6.45, 7) is 2.01. The molecule has 0 bridgehead atoms. The molecule has 26 heavy (non-hydrogen) atoms. The third-order valence-corrected chi connectivity index (χ3v) is 6.07. The van der Waals surface area contributed by atoms with Gasteiger partial charge in [-0.2, -0.15) is 0 Å². The molecule has 2 rings (SSSR count). The van der Waals surface area contributed by atoms with Crippen LogP contribution in [0.2, 0.25) is 5.02 Å². The van der Waals surface area contributed by atoms with Gasteiger partial charge in [0.05, 0.1) is 12.5 Å². The zero-order valence-corrected chi connectivity index (χ0v) is 16.8. The normalized spacial score (nSPS) is 22.9. The number of rotatable bonds is 8. The van der Waals surface area contributed by atoms with E-state index >= 15 is 0 Å². The van der Waals surface area contributed by atoms with E-state index in [0.717, 1.165) is 18.4 Å². The van der Waals surface area contributed by atoms with Gasteiger partial charge in [-0.3, -0.25) is 13.8 Å². The number of nitrogens with zero attached hydrogens (tertiary/aromatic N) is 1. The fourth-order valence-corrected chi connectivity index (χ4v) is 4.40. The molecule has 1 amide bonds. The molecule has 1 heterocycles. The van der Waals surface area contributed by atoms with Crippen molar-refractivity contribution in [2.75, 3.05) is 12.0 Å². The standard InChI is InChI=1S/C19H26ClNO4S/c1-3-16(10-11-26(2)25)21-17(13-4-7-15(20)8-5-13)9-6-14(19(21)24)12-18(22)23/h4-5,7-8,14,16-17H,3,6,9-12H2,1-2H3,(H,22,23)/t14-,16?,17+,26?/m1/s1. The van der Waals surface area contributed by atoms with E-state index in [1.165, 1.54) is 0 Å². The van der Waals surface area contributed by atoms with Crippen molar-refractivity contribution in [2.24, 2.45) is 5.92 Å². The number of aliphatic carboxylic acids is 1. The maximum Gasteiger partial charge on any atom is 0.304 e. The van der Waals surface area contributed by atoms with E-state index in [4.69, 9.17) is 16.7 Å². The first-order chi connectivity index (χ1) is 12.3. The number of carbonyl (C=O) groups is 2. The monoisotopic (exact) mass is 399 g/mol. The molecule has 7 heteroatoms. The SMILES string of the molecule is CCC(CCS(C)=O)N1C(=O)[C@@H](CC(=O)O)CC[C@H]1c1ccc(Cl)cc1. The van der Waals surface area contributed by atoms with Crippen molar-refractivity contribution in [1.29, 1.82) is 0 Å². The Morgan fingerprint density at radius 2 is 2.00 bits per heavy atom. The second kappa shape index (κ2) is 9.51. The molecule has 2 unspecified atom stereocenters. The lowest BCUT2D eigenvalue weighted by Gasteiger charge is -2.44. The quantitative estimate of drug-likeness (QED) is 0.724. The summed E-state index contributed by atoms with van der Waals surface area (Å²) in [7, 11) is -0.930. The topological polar surface area (TPSA) is 74.7 Å². The first kappa shape index (κ1) is 20.9. The summed E-state index contributed by atoms with van der Waals surface area (Å²) < 4.78 is 11.5. The molecule has 1 aliphatic heterocycles. The highest BCUT2D eigenvalue weighted by Crippen LogP contribution is 2.38. The zero-order valence-electron chi connectivity index (χ0n) is 15.2. The van der Waals surface area contributed by atoms with Gasteiger partial charge in [0, 0.05) is 39.8 Å². The van der Waals surface area contributed by atoms with Crippen LogP contribution in [0.25, 0.3) is 0 Å². The van der Waals surface area contributed by atoms with Crippen LogP contribution in [-0.4, -0.2) is 44.1 Å². The van der Waals surface area contributed by atoms with E-state index in [2.05, 4.69) is 0 Å². The van der Waals surface area contributed by atoms with Gasteiger partial charge >= 0.3 is 5.97 Å². The minimum atomic E-state index is -0.948. The Labute approximate surface area is 162 Å². The predicted octanol–water partition coefficient (Wildman–Crippen LogP) is 3.64. The van der Waals surface area contributed by atoms with Gasteiger partial charge in [-0.05, 0) is 43.4 Å². The predicted molar refractivity (Wildman–Crippen MR) is 104 cm³/mol. The molecule has 1 N–H and O–H groups in total. The van der Waals surface area contributed by atoms with E-state index in [1.807, 2.05) is 36.1 Å². The summed E-state index contributed by atoms with van der Waals surface area (Å²) in [5.74, 6) is -1.01. The molecular formula is C19H26ClNO4S. The number of likely N-dealkylation sites (tertiary alicyclic amines) is 1. The van der Waals surface area contributed by atoms with Crippen LogP contribution in [0, 0.1) is 5.92 Å². The molecule has 5 nitrogen and oxygen atoms in total. The molecule has 1 fully saturated rings. The fraction of sp³-hybridized carbons (Fsp3) is 0.579. The van der Waals surface area contributed by atoms with E-state index in [-0.39, 0.29) is 24.4 Å². The summed E-state index contributed by atoms with van der Waals surface area (Å²) in [5, 5.41) is 9.77. The smallest absolute Gasteiger partial charge is 0.304 e. The van der Waals surface area contributed by atoms with Crippen LogP contribution in [0.4, 0.5) is 0 Å². The lowest BCUT2D eigenvalue weighted by molar-refractivity contribution is -0.151. The number of carboxylic acid groups (broad SMARTS) is 1. The molecule has 0 aliphatic carbocycles. The van der Waals surface area contributed by atoms with E-state index < -0.39 is 22.7 Å². The average molecular weight is 400 g/mol. The average Bonchev–Trinajstić information content (AvgIpc) is 2.58. The number of carboxylic acids is 1. The number of hydrogen-bond acceptors (Lipinski definition) is 3. The number of hydrogen-bond donors (Lipinski definition) is 1. The number of halogens is 1. The van der Waals surface area contributed by atoms with Crippen LogP contribution in [0.15, 0.2) is 24.3 Å². The Bertz CT molecular complexity index is 664. The second-order valence-corrected chi connectivity index (χ2v) is 8.80. The van der Waals surface area contributed by atoms with Gasteiger partial charge in [-0.1, -0.05) is 30.7 Å². The summed E-state index contributed by atoms with van der Waals surface area (Å²) in [4.78, 5) is 26.1. The summed E-state index contributed by atoms with van der Waals surface area (Å²) in [6.07, 6.45) is 4.19. The van der Waals surface area contributed by atoms with Crippen molar-refractivity contribution in [3.63, 3.8) is 0 Å². The Balaban J connectivity index is 2.32. The highest BCUT2D eigenvalue weighted by molar-refractivity contribution is 7.84. The molecule has 0 radical (unpaired) electrons. The van der Waals surface area contributed by atoms with Gasteiger partial charge < -0.3 is 10.0 Å². The highest BCUT2D eigenvalue weighted by Gasteiger charge is 2.40. The van der Waals surface area contributed by atoms with Gasteiger partial charge in [0.15, 0.2) is 0 Å². The van der Waals surface area contributed by atoms with Crippen molar-refractivity contribution in [3.05, 3.63) is 34.9 Å². The van der Waals surface area contributed by atoms with E-state index in [0.29, 0.717) is 23.6 Å². The van der Waals surface area contributed by atoms with Gasteiger partial charge in [0.25, 0.3) is 0 Å². The zero-order chi connectivity index (χ0) is 19.3. The molecule has 0 aromatic heterocycles. The second-order valence-electron chi connectivity index (χ2n) is 6.81. The Morgan fingerprint density at radius 1 is 1.35 bits per heavy atom. The van der Waals surface area contributed by atoms with Gasteiger partial charge in [0.1, 0.15) is 0 Å². The molecule has 4 atom stereocenters. The van der Waals surface area contributed by atoms with Crippen LogP contribution in [-0.2, 0) is 20.4 Å². The molecule has 1 aromatic carbocycles. The van der Waals surface area contributed by atoms with Crippen molar-refractivity contribution in [1.82, 2.24) is 4.90 Å². The molecule has 0 spiro atoms. The Morgan fingerprint density at radius 3 is 2.54 bits per heavy atom. The molecule has 144 valence electrons.